The molecule has 2 rings (SSSR count). The highest BCUT2D eigenvalue weighted by atomic mass is 16.6. The van der Waals surface area contributed by atoms with Crippen molar-refractivity contribution >= 4 is 12.0 Å². The van der Waals surface area contributed by atoms with Gasteiger partial charge in [-0.3, -0.25) is 14.9 Å². The first-order valence-electron chi connectivity index (χ1n) is 5.15. The molecule has 1 N–H and O–H groups in total. The molecule has 0 aliphatic heterocycles. The van der Waals surface area contributed by atoms with E-state index in [2.05, 4.69) is 0 Å². The van der Waals surface area contributed by atoms with E-state index in [0.717, 1.165) is 12.4 Å². The van der Waals surface area contributed by atoms with Crippen molar-refractivity contribution in [1.82, 2.24) is 0 Å². The average Bonchev–Trinajstić information content (AvgIpc) is 2.38. The maximum Gasteiger partial charge on any atom is 0.273 e. The predicted octanol–water partition coefficient (Wildman–Crippen LogP) is 2.78. The summed E-state index contributed by atoms with van der Waals surface area (Å²) in [5.74, 6) is -0.164. The van der Waals surface area contributed by atoms with Gasteiger partial charge in [0.1, 0.15) is 12.0 Å². The molecule has 0 atom stereocenters. The summed E-state index contributed by atoms with van der Waals surface area (Å²) in [7, 11) is 0. The van der Waals surface area contributed by atoms with Crippen molar-refractivity contribution in [2.75, 3.05) is 0 Å². The zero-order valence-corrected chi connectivity index (χ0v) is 9.24. The second-order valence-electron chi connectivity index (χ2n) is 3.70. The van der Waals surface area contributed by atoms with Crippen LogP contribution in [0.3, 0.4) is 0 Å². The van der Waals surface area contributed by atoms with Gasteiger partial charge < -0.3 is 5.11 Å². The molecule has 2 aromatic rings. The number of benzene rings is 2. The van der Waals surface area contributed by atoms with Crippen molar-refractivity contribution in [2.24, 2.45) is 0 Å². The predicted molar refractivity (Wildman–Crippen MR) is 65.6 cm³/mol. The molecule has 18 heavy (non-hydrogen) atoms. The number of rotatable bonds is 3. The number of phenols is 1. The molecule has 0 aromatic heterocycles. The summed E-state index contributed by atoms with van der Waals surface area (Å²) >= 11 is 0. The number of aldehydes is 1. The maximum atomic E-state index is 10.5. The van der Waals surface area contributed by atoms with E-state index < -0.39 is 4.92 Å². The molecule has 0 unspecified atom stereocenters. The highest BCUT2D eigenvalue weighted by Gasteiger charge is 2.11. The van der Waals surface area contributed by atoms with E-state index in [0.29, 0.717) is 16.7 Å². The fourth-order valence-corrected chi connectivity index (χ4v) is 1.62. The number of hydrogen-bond acceptors (Lipinski definition) is 4. The molecule has 0 spiro atoms. The molecule has 0 radical (unpaired) electrons. The van der Waals surface area contributed by atoms with Crippen LogP contribution in [-0.2, 0) is 0 Å². The molecule has 0 bridgehead atoms. The molecule has 0 aliphatic rings. The molecule has 90 valence electrons. The second kappa shape index (κ2) is 4.67. The minimum Gasteiger partial charge on any atom is -0.507 e. The van der Waals surface area contributed by atoms with Gasteiger partial charge in [-0.1, -0.05) is 24.3 Å². The van der Waals surface area contributed by atoms with Crippen LogP contribution in [0.25, 0.3) is 11.1 Å². The zero-order chi connectivity index (χ0) is 13.1. The van der Waals surface area contributed by atoms with Gasteiger partial charge in [-0.25, -0.2) is 0 Å². The largest absolute Gasteiger partial charge is 0.507 e. The van der Waals surface area contributed by atoms with Gasteiger partial charge >= 0.3 is 0 Å². The number of hydrogen-bond donors (Lipinski definition) is 1. The first-order valence-corrected chi connectivity index (χ1v) is 5.15. The van der Waals surface area contributed by atoms with Crippen LogP contribution in [0.4, 0.5) is 5.69 Å². The molecular weight excluding hydrogens is 234 g/mol. The van der Waals surface area contributed by atoms with Crippen LogP contribution in [0, 0.1) is 10.1 Å². The van der Waals surface area contributed by atoms with Gasteiger partial charge in [0.05, 0.1) is 11.0 Å². The standard InChI is InChI=1S/C13H9NO4/c15-8-9-1-3-10(4-2-9)12-6-5-11(14(17)18)7-13(12)16/h1-8,16H. The Kier molecular flexibility index (Phi) is 3.05. The molecule has 5 heteroatoms. The lowest BCUT2D eigenvalue weighted by Gasteiger charge is -2.04. The van der Waals surface area contributed by atoms with Crippen LogP contribution < -0.4 is 0 Å². The van der Waals surface area contributed by atoms with Crippen LogP contribution in [-0.4, -0.2) is 16.3 Å². The topological polar surface area (TPSA) is 80.4 Å². The Morgan fingerprint density at radius 1 is 1.11 bits per heavy atom. The highest BCUT2D eigenvalue weighted by Crippen LogP contribution is 2.32. The number of non-ortho nitro benzene ring substituents is 1. The van der Waals surface area contributed by atoms with Crippen LogP contribution in [0.2, 0.25) is 0 Å². The second-order valence-corrected chi connectivity index (χ2v) is 3.70. The summed E-state index contributed by atoms with van der Waals surface area (Å²) in [6.45, 7) is 0. The summed E-state index contributed by atoms with van der Waals surface area (Å²) in [6.07, 6.45) is 0.722. The Hall–Kier alpha value is -2.69. The van der Waals surface area contributed by atoms with Gasteiger partial charge in [0.2, 0.25) is 0 Å². The summed E-state index contributed by atoms with van der Waals surface area (Å²) < 4.78 is 0. The Morgan fingerprint density at radius 2 is 1.78 bits per heavy atom. The number of phenolic OH excluding ortho intramolecular Hbond substituents is 1. The lowest BCUT2D eigenvalue weighted by molar-refractivity contribution is -0.384. The maximum absolute atomic E-state index is 10.5. The van der Waals surface area contributed by atoms with Crippen molar-refractivity contribution in [2.45, 2.75) is 0 Å². The molecular formula is C13H9NO4. The zero-order valence-electron chi connectivity index (χ0n) is 9.24. The van der Waals surface area contributed by atoms with Gasteiger partial charge in [-0.15, -0.1) is 0 Å². The van der Waals surface area contributed by atoms with E-state index in [4.69, 9.17) is 0 Å². The summed E-state index contributed by atoms with van der Waals surface area (Å²) in [5.41, 5.74) is 1.53. The molecule has 0 heterocycles. The Morgan fingerprint density at radius 3 is 2.28 bits per heavy atom. The molecule has 0 saturated carbocycles. The summed E-state index contributed by atoms with van der Waals surface area (Å²) in [5, 5.41) is 20.3. The molecule has 2 aromatic carbocycles. The minimum atomic E-state index is -0.570. The molecule has 0 aliphatic carbocycles. The number of aromatic hydroxyl groups is 1. The van der Waals surface area contributed by atoms with Gasteiger partial charge in [0.15, 0.2) is 0 Å². The van der Waals surface area contributed by atoms with Crippen LogP contribution in [0.15, 0.2) is 42.5 Å². The van der Waals surface area contributed by atoms with E-state index in [-0.39, 0.29) is 11.4 Å². The normalized spacial score (nSPS) is 10.0. The van der Waals surface area contributed by atoms with Crippen molar-refractivity contribution in [3.05, 3.63) is 58.1 Å². The molecule has 0 fully saturated rings. The first-order chi connectivity index (χ1) is 8.61. The monoisotopic (exact) mass is 243 g/mol. The first kappa shape index (κ1) is 11.8. The SMILES string of the molecule is O=Cc1ccc(-c2ccc([N+](=O)[O-])cc2O)cc1. The van der Waals surface area contributed by atoms with Crippen molar-refractivity contribution in [3.8, 4) is 16.9 Å². The molecule has 5 nitrogen and oxygen atoms in total. The number of nitro groups is 1. The van der Waals surface area contributed by atoms with Crippen molar-refractivity contribution in [3.63, 3.8) is 0 Å². The van der Waals surface area contributed by atoms with E-state index in [1.165, 1.54) is 12.1 Å². The Labute approximate surface area is 102 Å². The molecule has 0 saturated heterocycles. The van der Waals surface area contributed by atoms with Crippen molar-refractivity contribution in [1.29, 1.82) is 0 Å². The third kappa shape index (κ3) is 2.20. The average molecular weight is 243 g/mol. The quantitative estimate of drug-likeness (QED) is 0.510. The fraction of sp³-hybridized carbons (Fsp3) is 0. The number of carbonyl (C=O) groups excluding carboxylic acids is 1. The van der Waals surface area contributed by atoms with Crippen LogP contribution >= 0.6 is 0 Å². The van der Waals surface area contributed by atoms with Gasteiger partial charge in [0.25, 0.3) is 5.69 Å². The van der Waals surface area contributed by atoms with E-state index in [1.807, 2.05) is 0 Å². The highest BCUT2D eigenvalue weighted by molar-refractivity contribution is 5.78. The number of nitro benzene ring substituents is 1. The van der Waals surface area contributed by atoms with Crippen LogP contribution in [0.5, 0.6) is 5.75 Å². The number of carbonyl (C=O) groups is 1. The smallest absolute Gasteiger partial charge is 0.273 e. The van der Waals surface area contributed by atoms with Gasteiger partial charge in [0, 0.05) is 17.2 Å². The van der Waals surface area contributed by atoms with Gasteiger partial charge in [-0.05, 0) is 11.6 Å². The summed E-state index contributed by atoms with van der Waals surface area (Å²) in [6, 6.07) is 10.5. The number of nitrogens with zero attached hydrogens (tertiary/aromatic N) is 1. The third-order valence-electron chi connectivity index (χ3n) is 2.55. The minimum absolute atomic E-state index is 0.164. The van der Waals surface area contributed by atoms with Crippen molar-refractivity contribution < 1.29 is 14.8 Å². The lowest BCUT2D eigenvalue weighted by Crippen LogP contribution is -1.88. The Balaban J connectivity index is 2.44. The van der Waals surface area contributed by atoms with Crippen LogP contribution in [0.1, 0.15) is 10.4 Å². The van der Waals surface area contributed by atoms with E-state index >= 15 is 0 Å². The summed E-state index contributed by atoms with van der Waals surface area (Å²) in [4.78, 5) is 20.5. The van der Waals surface area contributed by atoms with E-state index in [9.17, 15) is 20.0 Å². The fourth-order valence-electron chi connectivity index (χ4n) is 1.62. The molecule has 0 amide bonds. The lowest BCUT2D eigenvalue weighted by atomic mass is 10.0. The van der Waals surface area contributed by atoms with Gasteiger partial charge in [-0.2, -0.15) is 0 Å². The third-order valence-corrected chi connectivity index (χ3v) is 2.55. The Bertz CT molecular complexity index is 605. The van der Waals surface area contributed by atoms with E-state index in [1.54, 1.807) is 24.3 Å².